The molecule has 0 aromatic heterocycles. The second kappa shape index (κ2) is 7.59. The van der Waals surface area contributed by atoms with Gasteiger partial charge in [-0.25, -0.2) is 0 Å². The van der Waals surface area contributed by atoms with Gasteiger partial charge >= 0.3 is 55.4 Å². The van der Waals surface area contributed by atoms with E-state index in [0.717, 1.165) is 0 Å². The molecular weight excluding hydrogens is 179 g/mol. The van der Waals surface area contributed by atoms with Gasteiger partial charge in [-0.1, -0.05) is 13.8 Å². The summed E-state index contributed by atoms with van der Waals surface area (Å²) in [4.78, 5) is 0. The van der Waals surface area contributed by atoms with Crippen LogP contribution in [0.15, 0.2) is 21.6 Å². The Morgan fingerprint density at radius 3 is 1.90 bits per heavy atom. The summed E-state index contributed by atoms with van der Waals surface area (Å²) in [5, 5.41) is 0. The number of hydrogen-bond donors (Lipinski definition) is 0. The molecule has 0 nitrogen and oxygen atoms in total. The Labute approximate surface area is 81.6 Å². The Balaban J connectivity index is 0. The largest absolute Gasteiger partial charge is 0.147 e. The summed E-state index contributed by atoms with van der Waals surface area (Å²) in [6.45, 7) is 6.16. The van der Waals surface area contributed by atoms with Crippen LogP contribution < -0.4 is 0 Å². The summed E-state index contributed by atoms with van der Waals surface area (Å²) < 4.78 is 1.48. The Morgan fingerprint density at radius 1 is 1.30 bits per heavy atom. The molecular formula is C8H14ClTi. The maximum absolute atomic E-state index is 2.18. The fourth-order valence-corrected chi connectivity index (χ4v) is 1.23. The maximum atomic E-state index is 2.18. The maximum Gasteiger partial charge on any atom is -0.147 e. The molecule has 0 amide bonds. The van der Waals surface area contributed by atoms with Gasteiger partial charge in [0.2, 0.25) is 0 Å². The molecule has 0 N–H and O–H groups in total. The van der Waals surface area contributed by atoms with Gasteiger partial charge in [0.15, 0.2) is 0 Å². The van der Waals surface area contributed by atoms with Crippen LogP contribution >= 0.6 is 12.4 Å². The van der Waals surface area contributed by atoms with Gasteiger partial charge in [0.25, 0.3) is 0 Å². The van der Waals surface area contributed by atoms with Gasteiger partial charge < -0.3 is 0 Å². The molecule has 0 bridgehead atoms. The molecule has 0 aromatic carbocycles. The average Bonchev–Trinajstić information content (AvgIpc) is 2.20. The zero-order valence-electron chi connectivity index (χ0n) is 6.77. The smallest absolute Gasteiger partial charge is 0.147 e. The number of allylic oxidation sites excluding steroid dienone is 4. The van der Waals surface area contributed by atoms with Crippen molar-refractivity contribution >= 4 is 12.4 Å². The van der Waals surface area contributed by atoms with Crippen molar-refractivity contribution < 1.29 is 20.4 Å². The van der Waals surface area contributed by atoms with E-state index in [1.807, 2.05) is 13.8 Å². The molecule has 0 fully saturated rings. The molecule has 2 heteroatoms. The third-order valence-electron chi connectivity index (χ3n) is 1.04. The first-order valence-corrected chi connectivity index (χ1v) is 4.15. The molecule has 0 unspecified atom stereocenters. The predicted octanol–water partition coefficient (Wildman–Crippen LogP) is 3.22. The van der Waals surface area contributed by atoms with Crippen LogP contribution in [0.1, 0.15) is 27.2 Å². The van der Waals surface area contributed by atoms with E-state index in [-0.39, 0.29) is 12.4 Å². The second-order valence-electron chi connectivity index (χ2n) is 1.88. The minimum absolute atomic E-state index is 0. The van der Waals surface area contributed by atoms with Crippen molar-refractivity contribution in [2.75, 3.05) is 0 Å². The van der Waals surface area contributed by atoms with E-state index in [4.69, 9.17) is 0 Å². The Kier molecular flexibility index (Phi) is 9.94. The van der Waals surface area contributed by atoms with Gasteiger partial charge in [-0.05, 0) is 0 Å². The summed E-state index contributed by atoms with van der Waals surface area (Å²) in [6.07, 6.45) is 5.55. The van der Waals surface area contributed by atoms with Crippen LogP contribution in [0.5, 0.6) is 0 Å². The van der Waals surface area contributed by atoms with Crippen molar-refractivity contribution in [1.29, 1.82) is 0 Å². The van der Waals surface area contributed by atoms with Crippen molar-refractivity contribution in [3.05, 3.63) is 21.6 Å². The molecule has 0 spiro atoms. The minimum Gasteiger partial charge on any atom is -0.147 e. The molecule has 1 rings (SSSR count). The van der Waals surface area contributed by atoms with E-state index < -0.39 is 0 Å². The number of hydrogen-bond acceptors (Lipinski definition) is 0. The Morgan fingerprint density at radius 2 is 1.80 bits per heavy atom. The minimum atomic E-state index is 0. The van der Waals surface area contributed by atoms with E-state index in [9.17, 15) is 0 Å². The third kappa shape index (κ3) is 5.28. The first-order chi connectivity index (χ1) is 4.29. The van der Waals surface area contributed by atoms with Crippen molar-refractivity contribution in [2.45, 2.75) is 27.2 Å². The van der Waals surface area contributed by atoms with Gasteiger partial charge in [0.05, 0.1) is 0 Å². The molecule has 1 aliphatic rings. The number of halogens is 1. The molecule has 0 heterocycles. The first kappa shape index (κ1) is 13.1. The van der Waals surface area contributed by atoms with Crippen molar-refractivity contribution in [2.24, 2.45) is 0 Å². The van der Waals surface area contributed by atoms with Crippen LogP contribution in [0, 0.1) is 0 Å². The van der Waals surface area contributed by atoms with E-state index in [0.29, 0.717) is 0 Å². The molecule has 0 aromatic rings. The quantitative estimate of drug-likeness (QED) is 0.518. The molecule has 0 aliphatic heterocycles. The van der Waals surface area contributed by atoms with Gasteiger partial charge in [-0.3, -0.25) is 0 Å². The van der Waals surface area contributed by atoms with Crippen molar-refractivity contribution in [3.8, 4) is 0 Å². The SMILES string of the molecule is CC.CC1=CC=[C]([Ti])C1.Cl. The topological polar surface area (TPSA) is 0 Å². The predicted molar refractivity (Wildman–Crippen MR) is 45.1 cm³/mol. The summed E-state index contributed by atoms with van der Waals surface area (Å²) in [7, 11) is 0. The standard InChI is InChI=1S/C6H7.C2H6.ClH.Ti/c1-6-4-2-3-5-6;1-2;;/h2,4H,5H2,1H3;1-2H3;1H;. The van der Waals surface area contributed by atoms with Crippen molar-refractivity contribution in [1.82, 2.24) is 0 Å². The van der Waals surface area contributed by atoms with Crippen LogP contribution in [0.25, 0.3) is 0 Å². The Hall–Kier alpha value is 0.484. The zero-order valence-corrected chi connectivity index (χ0v) is 9.15. The number of rotatable bonds is 0. The molecule has 1 aliphatic carbocycles. The molecule has 10 heavy (non-hydrogen) atoms. The molecule has 0 saturated heterocycles. The first-order valence-electron chi connectivity index (χ1n) is 3.37. The molecule has 57 valence electrons. The van der Waals surface area contributed by atoms with E-state index in [1.54, 1.807) is 0 Å². The average molecular weight is 194 g/mol. The fourth-order valence-electron chi connectivity index (χ4n) is 0.661. The van der Waals surface area contributed by atoms with Crippen LogP contribution in [0.2, 0.25) is 0 Å². The summed E-state index contributed by atoms with van der Waals surface area (Å²) >= 11 is 2.16. The van der Waals surface area contributed by atoms with E-state index in [2.05, 4.69) is 39.5 Å². The second-order valence-corrected chi connectivity index (χ2v) is 2.88. The molecule has 0 saturated carbocycles. The van der Waals surface area contributed by atoms with Crippen molar-refractivity contribution in [3.63, 3.8) is 0 Å². The van der Waals surface area contributed by atoms with Crippen LogP contribution in [0.4, 0.5) is 0 Å². The molecule has 0 atom stereocenters. The molecule has 0 radical (unpaired) electrons. The van der Waals surface area contributed by atoms with Crippen LogP contribution in [-0.4, -0.2) is 0 Å². The van der Waals surface area contributed by atoms with Gasteiger partial charge in [-0.2, -0.15) is 0 Å². The van der Waals surface area contributed by atoms with Gasteiger partial charge in [-0.15, -0.1) is 12.4 Å². The fraction of sp³-hybridized carbons (Fsp3) is 0.500. The Bertz CT molecular complexity index is 120. The third-order valence-corrected chi connectivity index (χ3v) is 1.57. The summed E-state index contributed by atoms with van der Waals surface area (Å²) in [5.74, 6) is 0. The van der Waals surface area contributed by atoms with Crippen LogP contribution in [0.3, 0.4) is 0 Å². The monoisotopic (exact) mass is 193 g/mol. The van der Waals surface area contributed by atoms with Gasteiger partial charge in [0.1, 0.15) is 0 Å². The normalized spacial score (nSPS) is 13.8. The van der Waals surface area contributed by atoms with Gasteiger partial charge in [0, 0.05) is 0 Å². The van der Waals surface area contributed by atoms with Crippen LogP contribution in [-0.2, 0) is 20.4 Å². The summed E-state index contributed by atoms with van der Waals surface area (Å²) in [5.41, 5.74) is 1.48. The van der Waals surface area contributed by atoms with E-state index in [1.165, 1.54) is 15.9 Å². The van der Waals surface area contributed by atoms with E-state index >= 15 is 0 Å². The zero-order chi connectivity index (χ0) is 7.28. The summed E-state index contributed by atoms with van der Waals surface area (Å²) in [6, 6.07) is 0.